The van der Waals surface area contributed by atoms with Crippen LogP contribution >= 0.6 is 0 Å². The van der Waals surface area contributed by atoms with E-state index in [0.717, 1.165) is 13.0 Å². The first-order valence-corrected chi connectivity index (χ1v) is 10.3. The molecule has 0 amide bonds. The molecule has 1 N–H and O–H groups in total. The molecule has 2 nitrogen and oxygen atoms in total. The average Bonchev–Trinajstić information content (AvgIpc) is 3.34. The van der Waals surface area contributed by atoms with Crippen LogP contribution in [0.15, 0.2) is 84.9 Å². The van der Waals surface area contributed by atoms with Crippen molar-refractivity contribution in [2.45, 2.75) is 31.8 Å². The maximum atomic E-state index is 3.70. The number of para-hydroxylation sites is 1. The fourth-order valence-corrected chi connectivity index (χ4v) is 4.65. The van der Waals surface area contributed by atoms with Crippen molar-refractivity contribution in [3.05, 3.63) is 96.1 Å². The summed E-state index contributed by atoms with van der Waals surface area (Å²) >= 11 is 0. The maximum Gasteiger partial charge on any atom is 0.0497 e. The Labute approximate surface area is 166 Å². The number of nitrogens with zero attached hydrogens (tertiary/aromatic N) is 1. The van der Waals surface area contributed by atoms with E-state index in [1.165, 1.54) is 52.7 Å². The van der Waals surface area contributed by atoms with Crippen molar-refractivity contribution in [1.82, 2.24) is 9.88 Å². The van der Waals surface area contributed by atoms with Crippen molar-refractivity contribution in [3.8, 4) is 11.3 Å². The Kier molecular flexibility index (Phi) is 4.72. The number of hydrogen-bond donors (Lipinski definition) is 1. The van der Waals surface area contributed by atoms with Crippen LogP contribution in [0, 0.1) is 0 Å². The number of rotatable bonds is 5. The first kappa shape index (κ1) is 17.3. The van der Waals surface area contributed by atoms with Crippen LogP contribution in [-0.4, -0.2) is 22.5 Å². The van der Waals surface area contributed by atoms with Gasteiger partial charge in [-0.1, -0.05) is 78.9 Å². The summed E-state index contributed by atoms with van der Waals surface area (Å²) in [4.78, 5) is 6.37. The molecule has 1 aromatic heterocycles. The fraction of sp³-hybridized carbons (Fsp3) is 0.231. The van der Waals surface area contributed by atoms with Gasteiger partial charge in [-0.3, -0.25) is 4.90 Å². The van der Waals surface area contributed by atoms with E-state index in [9.17, 15) is 0 Å². The molecule has 140 valence electrons. The van der Waals surface area contributed by atoms with Gasteiger partial charge in [0.2, 0.25) is 0 Å². The third-order valence-corrected chi connectivity index (χ3v) is 6.04. The molecule has 3 aromatic carbocycles. The summed E-state index contributed by atoms with van der Waals surface area (Å²) in [6.45, 7) is 2.25. The van der Waals surface area contributed by atoms with Crippen LogP contribution in [0.3, 0.4) is 0 Å². The number of benzene rings is 3. The molecule has 0 radical (unpaired) electrons. The predicted molar refractivity (Wildman–Crippen MR) is 117 cm³/mol. The quantitative estimate of drug-likeness (QED) is 0.456. The zero-order chi connectivity index (χ0) is 18.8. The number of aromatic nitrogens is 1. The van der Waals surface area contributed by atoms with Crippen LogP contribution in [-0.2, 0) is 13.0 Å². The zero-order valence-electron chi connectivity index (χ0n) is 16.1. The predicted octanol–water partition coefficient (Wildman–Crippen LogP) is 6.04. The number of nitrogens with one attached hydrogen (secondary N) is 1. The minimum absolute atomic E-state index is 0.599. The molecule has 0 saturated carbocycles. The molecule has 0 aliphatic carbocycles. The number of likely N-dealkylation sites (tertiary alicyclic amines) is 1. The molecule has 28 heavy (non-hydrogen) atoms. The van der Waals surface area contributed by atoms with Gasteiger partial charge in [0.1, 0.15) is 0 Å². The van der Waals surface area contributed by atoms with E-state index in [4.69, 9.17) is 0 Å². The Balaban J connectivity index is 1.49. The lowest BCUT2D eigenvalue weighted by Crippen LogP contribution is -2.30. The smallest absolute Gasteiger partial charge is 0.0497 e. The summed E-state index contributed by atoms with van der Waals surface area (Å²) in [5.41, 5.74) is 6.68. The molecule has 1 aliphatic heterocycles. The molecule has 5 rings (SSSR count). The van der Waals surface area contributed by atoms with Crippen LogP contribution in [0.2, 0.25) is 0 Å². The van der Waals surface area contributed by atoms with E-state index in [2.05, 4.69) is 94.8 Å². The fourth-order valence-electron chi connectivity index (χ4n) is 4.65. The Hall–Kier alpha value is -2.84. The Morgan fingerprint density at radius 3 is 2.36 bits per heavy atom. The van der Waals surface area contributed by atoms with Crippen LogP contribution in [0.4, 0.5) is 0 Å². The standard InChI is InChI=1S/C26H26N2/c1-3-10-20(11-4-1)19-28-17-9-14-22(28)18-24-23-15-7-8-16-25(23)27-26(24)21-12-5-2-6-13-21/h1-8,10-13,15-16,22,27H,9,14,17-19H2. The van der Waals surface area contributed by atoms with Crippen LogP contribution in [0.25, 0.3) is 22.2 Å². The molecule has 1 aliphatic rings. The van der Waals surface area contributed by atoms with Crippen molar-refractivity contribution in [2.75, 3.05) is 6.54 Å². The molecule has 2 heteroatoms. The lowest BCUT2D eigenvalue weighted by molar-refractivity contribution is 0.244. The van der Waals surface area contributed by atoms with Crippen molar-refractivity contribution in [2.24, 2.45) is 0 Å². The number of fused-ring (bicyclic) bond motifs is 1. The van der Waals surface area contributed by atoms with E-state index >= 15 is 0 Å². The van der Waals surface area contributed by atoms with Crippen molar-refractivity contribution in [3.63, 3.8) is 0 Å². The molecule has 2 heterocycles. The third-order valence-electron chi connectivity index (χ3n) is 6.04. The summed E-state index contributed by atoms with van der Waals surface area (Å²) in [5, 5.41) is 1.37. The highest BCUT2D eigenvalue weighted by atomic mass is 15.2. The molecule has 0 bridgehead atoms. The molecule has 1 fully saturated rings. The molecule has 1 atom stereocenters. The highest BCUT2D eigenvalue weighted by molar-refractivity contribution is 5.90. The van der Waals surface area contributed by atoms with Gasteiger partial charge in [0.15, 0.2) is 0 Å². The zero-order valence-corrected chi connectivity index (χ0v) is 16.1. The van der Waals surface area contributed by atoms with Crippen LogP contribution in [0.1, 0.15) is 24.0 Å². The SMILES string of the molecule is c1ccc(CN2CCCC2Cc2c(-c3ccccc3)[nH]c3ccccc23)cc1. The average molecular weight is 367 g/mol. The Morgan fingerprint density at radius 1 is 0.821 bits per heavy atom. The highest BCUT2D eigenvalue weighted by Crippen LogP contribution is 2.34. The third kappa shape index (κ3) is 3.36. The minimum Gasteiger partial charge on any atom is -0.354 e. The Morgan fingerprint density at radius 2 is 1.54 bits per heavy atom. The summed E-state index contributed by atoms with van der Waals surface area (Å²) in [6, 6.07) is 31.0. The van der Waals surface area contributed by atoms with Crippen molar-refractivity contribution >= 4 is 10.9 Å². The topological polar surface area (TPSA) is 19.0 Å². The lowest BCUT2D eigenvalue weighted by Gasteiger charge is -2.25. The van der Waals surface area contributed by atoms with Gasteiger partial charge < -0.3 is 4.98 Å². The number of aromatic amines is 1. The first-order chi connectivity index (χ1) is 13.9. The molecule has 1 saturated heterocycles. The number of hydrogen-bond acceptors (Lipinski definition) is 1. The van der Waals surface area contributed by atoms with Gasteiger partial charge in [-0.05, 0) is 48.6 Å². The van der Waals surface area contributed by atoms with E-state index in [-0.39, 0.29) is 0 Å². The van der Waals surface area contributed by atoms with E-state index in [1.807, 2.05) is 0 Å². The van der Waals surface area contributed by atoms with Gasteiger partial charge in [-0.15, -0.1) is 0 Å². The van der Waals surface area contributed by atoms with Crippen LogP contribution in [0.5, 0.6) is 0 Å². The normalized spacial score (nSPS) is 17.4. The molecule has 1 unspecified atom stereocenters. The second-order valence-corrected chi connectivity index (χ2v) is 7.85. The summed E-state index contributed by atoms with van der Waals surface area (Å²) in [7, 11) is 0. The van der Waals surface area contributed by atoms with Gasteiger partial charge in [0, 0.05) is 29.2 Å². The van der Waals surface area contributed by atoms with Gasteiger partial charge in [-0.2, -0.15) is 0 Å². The maximum absolute atomic E-state index is 3.70. The van der Waals surface area contributed by atoms with Crippen molar-refractivity contribution < 1.29 is 0 Å². The minimum atomic E-state index is 0.599. The lowest BCUT2D eigenvalue weighted by atomic mass is 9.97. The van der Waals surface area contributed by atoms with E-state index in [1.54, 1.807) is 0 Å². The first-order valence-electron chi connectivity index (χ1n) is 10.3. The number of H-pyrrole nitrogens is 1. The summed E-state index contributed by atoms with van der Waals surface area (Å²) < 4.78 is 0. The Bertz CT molecular complexity index is 1050. The highest BCUT2D eigenvalue weighted by Gasteiger charge is 2.27. The van der Waals surface area contributed by atoms with Gasteiger partial charge in [0.25, 0.3) is 0 Å². The molecule has 4 aromatic rings. The second kappa shape index (κ2) is 7.65. The van der Waals surface area contributed by atoms with Gasteiger partial charge >= 0.3 is 0 Å². The monoisotopic (exact) mass is 366 g/mol. The molecular weight excluding hydrogens is 340 g/mol. The second-order valence-electron chi connectivity index (χ2n) is 7.85. The molecule has 0 spiro atoms. The summed E-state index contributed by atoms with van der Waals surface area (Å²) in [6.07, 6.45) is 3.67. The summed E-state index contributed by atoms with van der Waals surface area (Å²) in [5.74, 6) is 0. The van der Waals surface area contributed by atoms with Gasteiger partial charge in [0.05, 0.1) is 0 Å². The van der Waals surface area contributed by atoms with Crippen molar-refractivity contribution in [1.29, 1.82) is 0 Å². The largest absolute Gasteiger partial charge is 0.354 e. The molecular formula is C26H26N2. The van der Waals surface area contributed by atoms with E-state index in [0.29, 0.717) is 6.04 Å². The van der Waals surface area contributed by atoms with Gasteiger partial charge in [-0.25, -0.2) is 0 Å². The van der Waals surface area contributed by atoms with Crippen LogP contribution < -0.4 is 0 Å². The van der Waals surface area contributed by atoms with E-state index < -0.39 is 0 Å².